The number of para-hydroxylation sites is 1. The monoisotopic (exact) mass is 483 g/mol. The maximum atomic E-state index is 13.3. The van der Waals surface area contributed by atoms with Crippen LogP contribution in [0.3, 0.4) is 0 Å². The lowest BCUT2D eigenvalue weighted by atomic mass is 10.0. The fraction of sp³-hybridized carbons (Fsp3) is 0.280. The first-order valence-electron chi connectivity index (χ1n) is 11.2. The molecule has 9 heteroatoms. The summed E-state index contributed by atoms with van der Waals surface area (Å²) in [5.41, 5.74) is 2.12. The number of halogens is 1. The lowest BCUT2D eigenvalue weighted by Gasteiger charge is -2.40. The van der Waals surface area contributed by atoms with Crippen molar-refractivity contribution in [1.82, 2.24) is 9.62 Å². The Morgan fingerprint density at radius 3 is 2.32 bits per heavy atom. The third kappa shape index (κ3) is 4.86. The number of anilines is 1. The second-order valence-electron chi connectivity index (χ2n) is 8.29. The van der Waals surface area contributed by atoms with Gasteiger partial charge in [0.15, 0.2) is 11.5 Å². The molecule has 1 N–H and O–H groups in total. The Morgan fingerprint density at radius 1 is 0.882 bits per heavy atom. The molecule has 3 aromatic rings. The van der Waals surface area contributed by atoms with Crippen molar-refractivity contribution in [3.8, 4) is 11.5 Å². The van der Waals surface area contributed by atoms with Crippen LogP contribution in [0.2, 0.25) is 0 Å². The van der Waals surface area contributed by atoms with E-state index in [1.54, 1.807) is 0 Å². The molecule has 0 saturated carbocycles. The Hall–Kier alpha value is -3.14. The first-order valence-corrected chi connectivity index (χ1v) is 12.7. The fourth-order valence-electron chi connectivity index (χ4n) is 4.39. The van der Waals surface area contributed by atoms with E-state index in [0.717, 1.165) is 43.9 Å². The molecule has 0 spiro atoms. The molecule has 1 atom stereocenters. The summed E-state index contributed by atoms with van der Waals surface area (Å²) < 4.78 is 52.7. The highest BCUT2D eigenvalue weighted by Gasteiger charge is 2.28. The number of benzene rings is 3. The van der Waals surface area contributed by atoms with Crippen molar-refractivity contribution >= 4 is 15.7 Å². The Labute approximate surface area is 198 Å². The van der Waals surface area contributed by atoms with Gasteiger partial charge in [-0.3, -0.25) is 4.90 Å². The Balaban J connectivity index is 1.35. The second kappa shape index (κ2) is 9.61. The summed E-state index contributed by atoms with van der Waals surface area (Å²) >= 11 is 0. The molecule has 2 aliphatic heterocycles. The highest BCUT2D eigenvalue weighted by molar-refractivity contribution is 7.89. The van der Waals surface area contributed by atoms with Gasteiger partial charge in [-0.05, 0) is 54.1 Å². The SMILES string of the molecule is O=S(=O)(NC[C@H](c1ccc2c(c1)OCO2)N1CCN(c2ccccc2)CC1)c1ccc(F)cc1. The molecule has 1 saturated heterocycles. The van der Waals surface area contributed by atoms with Gasteiger partial charge < -0.3 is 14.4 Å². The summed E-state index contributed by atoms with van der Waals surface area (Å²) in [7, 11) is -3.79. The van der Waals surface area contributed by atoms with Crippen molar-refractivity contribution in [2.24, 2.45) is 0 Å². The zero-order valence-corrected chi connectivity index (χ0v) is 19.4. The number of fused-ring (bicyclic) bond motifs is 1. The average molecular weight is 484 g/mol. The lowest BCUT2D eigenvalue weighted by molar-refractivity contribution is 0.173. The van der Waals surface area contributed by atoms with Crippen LogP contribution in [0.1, 0.15) is 11.6 Å². The van der Waals surface area contributed by atoms with Crippen molar-refractivity contribution in [3.05, 3.63) is 84.2 Å². The molecule has 5 rings (SSSR count). The normalized spacial score (nSPS) is 17.0. The molecule has 3 aromatic carbocycles. The van der Waals surface area contributed by atoms with E-state index in [4.69, 9.17) is 9.47 Å². The topological polar surface area (TPSA) is 71.1 Å². The number of nitrogens with one attached hydrogen (secondary N) is 1. The first-order chi connectivity index (χ1) is 16.5. The van der Waals surface area contributed by atoms with Gasteiger partial charge in [-0.25, -0.2) is 17.5 Å². The molecular weight excluding hydrogens is 457 g/mol. The molecule has 178 valence electrons. The Morgan fingerprint density at radius 2 is 1.59 bits per heavy atom. The van der Waals surface area contributed by atoms with Crippen LogP contribution in [0, 0.1) is 5.82 Å². The maximum absolute atomic E-state index is 13.3. The van der Waals surface area contributed by atoms with Crippen LogP contribution in [0.4, 0.5) is 10.1 Å². The third-order valence-corrected chi connectivity index (χ3v) is 7.69. The third-order valence-electron chi connectivity index (χ3n) is 6.25. The zero-order chi connectivity index (χ0) is 23.5. The summed E-state index contributed by atoms with van der Waals surface area (Å²) in [4.78, 5) is 4.65. The quantitative estimate of drug-likeness (QED) is 0.556. The van der Waals surface area contributed by atoms with Crippen LogP contribution in [-0.2, 0) is 10.0 Å². The standard InChI is InChI=1S/C25H26FN3O4S/c26-20-7-9-22(10-8-20)34(30,31)27-17-23(19-6-11-24-25(16-19)33-18-32-24)29-14-12-28(13-15-29)21-4-2-1-3-5-21/h1-11,16,23,27H,12-15,17-18H2/t23-/m1/s1. The smallest absolute Gasteiger partial charge is 0.240 e. The number of nitrogens with zero attached hydrogens (tertiary/aromatic N) is 2. The van der Waals surface area contributed by atoms with E-state index in [-0.39, 0.29) is 24.3 Å². The molecule has 34 heavy (non-hydrogen) atoms. The highest BCUT2D eigenvalue weighted by atomic mass is 32.2. The van der Waals surface area contributed by atoms with E-state index in [1.807, 2.05) is 36.4 Å². The van der Waals surface area contributed by atoms with Crippen LogP contribution in [0.5, 0.6) is 11.5 Å². The van der Waals surface area contributed by atoms with Crippen molar-refractivity contribution < 1.29 is 22.3 Å². The van der Waals surface area contributed by atoms with Gasteiger partial charge >= 0.3 is 0 Å². The molecule has 2 aliphatic rings. The van der Waals surface area contributed by atoms with Crippen molar-refractivity contribution in [2.75, 3.05) is 44.4 Å². The summed E-state index contributed by atoms with van der Waals surface area (Å²) in [6, 6.07) is 20.6. The predicted octanol–water partition coefficient (Wildman–Crippen LogP) is 3.40. The fourth-order valence-corrected chi connectivity index (χ4v) is 5.43. The highest BCUT2D eigenvalue weighted by Crippen LogP contribution is 2.36. The zero-order valence-electron chi connectivity index (χ0n) is 18.6. The number of rotatable bonds is 7. The van der Waals surface area contributed by atoms with Crippen LogP contribution < -0.4 is 19.1 Å². The number of hydrogen-bond donors (Lipinski definition) is 1. The number of ether oxygens (including phenoxy) is 2. The van der Waals surface area contributed by atoms with Gasteiger partial charge in [-0.1, -0.05) is 24.3 Å². The van der Waals surface area contributed by atoms with E-state index in [0.29, 0.717) is 11.5 Å². The summed E-state index contributed by atoms with van der Waals surface area (Å²) in [6.45, 7) is 3.55. The molecule has 0 aromatic heterocycles. The van der Waals surface area contributed by atoms with E-state index >= 15 is 0 Å². The molecule has 0 amide bonds. The summed E-state index contributed by atoms with van der Waals surface area (Å²) in [5.74, 6) is 0.864. The molecule has 0 aliphatic carbocycles. The lowest BCUT2D eigenvalue weighted by Crippen LogP contribution is -2.49. The number of piperazine rings is 1. The second-order valence-corrected chi connectivity index (χ2v) is 10.1. The summed E-state index contributed by atoms with van der Waals surface area (Å²) in [6.07, 6.45) is 0. The molecule has 7 nitrogen and oxygen atoms in total. The Bertz CT molecular complexity index is 1230. The molecule has 2 heterocycles. The van der Waals surface area contributed by atoms with Gasteiger partial charge in [0.1, 0.15) is 5.82 Å². The predicted molar refractivity (Wildman–Crippen MR) is 127 cm³/mol. The largest absolute Gasteiger partial charge is 0.454 e. The van der Waals surface area contributed by atoms with Crippen LogP contribution in [-0.4, -0.2) is 52.8 Å². The van der Waals surface area contributed by atoms with Crippen LogP contribution in [0.15, 0.2) is 77.7 Å². The van der Waals surface area contributed by atoms with Gasteiger partial charge in [0, 0.05) is 44.5 Å². The number of hydrogen-bond acceptors (Lipinski definition) is 6. The van der Waals surface area contributed by atoms with Crippen molar-refractivity contribution in [3.63, 3.8) is 0 Å². The van der Waals surface area contributed by atoms with Crippen LogP contribution >= 0.6 is 0 Å². The van der Waals surface area contributed by atoms with Crippen LogP contribution in [0.25, 0.3) is 0 Å². The van der Waals surface area contributed by atoms with Gasteiger partial charge in [0.25, 0.3) is 0 Å². The number of sulfonamides is 1. The first kappa shape index (κ1) is 22.6. The molecule has 1 fully saturated rings. The minimum absolute atomic E-state index is 0.0345. The van der Waals surface area contributed by atoms with E-state index in [9.17, 15) is 12.8 Å². The molecule has 0 bridgehead atoms. The Kier molecular flexibility index (Phi) is 6.40. The van der Waals surface area contributed by atoms with Gasteiger partial charge in [-0.15, -0.1) is 0 Å². The summed E-state index contributed by atoms with van der Waals surface area (Å²) in [5, 5.41) is 0. The molecule has 0 radical (unpaired) electrons. The van der Waals surface area contributed by atoms with E-state index in [2.05, 4.69) is 26.7 Å². The van der Waals surface area contributed by atoms with E-state index in [1.165, 1.54) is 17.8 Å². The minimum Gasteiger partial charge on any atom is -0.454 e. The average Bonchev–Trinajstić information content (AvgIpc) is 3.33. The minimum atomic E-state index is -3.79. The molecule has 0 unspecified atom stereocenters. The van der Waals surface area contributed by atoms with Crippen molar-refractivity contribution in [2.45, 2.75) is 10.9 Å². The van der Waals surface area contributed by atoms with E-state index < -0.39 is 15.8 Å². The van der Waals surface area contributed by atoms with Gasteiger partial charge in [0.2, 0.25) is 16.8 Å². The molecular formula is C25H26FN3O4S. The van der Waals surface area contributed by atoms with Gasteiger partial charge in [-0.2, -0.15) is 0 Å². The van der Waals surface area contributed by atoms with Crippen molar-refractivity contribution in [1.29, 1.82) is 0 Å². The maximum Gasteiger partial charge on any atom is 0.240 e. The van der Waals surface area contributed by atoms with Gasteiger partial charge in [0.05, 0.1) is 4.90 Å².